The number of benzene rings is 3. The maximum Gasteiger partial charge on any atom is 0.407 e. The van der Waals surface area contributed by atoms with Crippen LogP contribution in [0.2, 0.25) is 0 Å². The first kappa shape index (κ1) is 28.3. The van der Waals surface area contributed by atoms with Gasteiger partial charge in [0.1, 0.15) is 29.9 Å². The van der Waals surface area contributed by atoms with Crippen LogP contribution in [-0.4, -0.2) is 57.1 Å². The van der Waals surface area contributed by atoms with E-state index in [4.69, 9.17) is 18.9 Å². The number of carboxylic acid groups (broad SMARTS) is 1. The van der Waals surface area contributed by atoms with E-state index >= 15 is 0 Å². The van der Waals surface area contributed by atoms with E-state index in [0.29, 0.717) is 22.8 Å². The zero-order valence-electron chi connectivity index (χ0n) is 22.6. The average Bonchev–Trinajstić information content (AvgIpc) is 3.29. The number of rotatable bonds is 12. The van der Waals surface area contributed by atoms with E-state index < -0.39 is 24.0 Å². The van der Waals surface area contributed by atoms with E-state index in [-0.39, 0.29) is 31.9 Å². The molecule has 0 aromatic heterocycles. The van der Waals surface area contributed by atoms with E-state index in [1.807, 2.05) is 48.5 Å². The molecule has 210 valence electrons. The first-order chi connectivity index (χ1) is 19.4. The minimum Gasteiger partial charge on any atom is -0.496 e. The van der Waals surface area contributed by atoms with E-state index in [9.17, 15) is 19.5 Å². The minimum atomic E-state index is -1.30. The number of carboxylic acids is 1. The van der Waals surface area contributed by atoms with Crippen LogP contribution in [0.25, 0.3) is 11.1 Å². The summed E-state index contributed by atoms with van der Waals surface area (Å²) in [7, 11) is 4.50. The number of aliphatic carboxylic acids is 1. The Morgan fingerprint density at radius 3 is 1.98 bits per heavy atom. The number of alkyl carbamates (subject to hydrolysis) is 1. The molecule has 1 aliphatic rings. The Balaban J connectivity index is 1.31. The first-order valence-corrected chi connectivity index (χ1v) is 12.8. The zero-order chi connectivity index (χ0) is 28.6. The molecule has 3 aromatic rings. The van der Waals surface area contributed by atoms with Gasteiger partial charge < -0.3 is 34.7 Å². The number of carbonyl (C=O) groups excluding carboxylic acids is 2. The molecule has 0 spiro atoms. The normalized spacial score (nSPS) is 12.5. The van der Waals surface area contributed by atoms with Crippen LogP contribution in [-0.2, 0) is 20.9 Å². The van der Waals surface area contributed by atoms with Crippen molar-refractivity contribution in [2.24, 2.45) is 0 Å². The van der Waals surface area contributed by atoms with Crippen LogP contribution < -0.4 is 24.8 Å². The van der Waals surface area contributed by atoms with Crippen LogP contribution in [0.5, 0.6) is 17.2 Å². The first-order valence-electron chi connectivity index (χ1n) is 12.8. The molecule has 0 bridgehead atoms. The van der Waals surface area contributed by atoms with E-state index in [1.54, 1.807) is 12.1 Å². The second kappa shape index (κ2) is 12.9. The Morgan fingerprint density at radius 1 is 0.875 bits per heavy atom. The van der Waals surface area contributed by atoms with Crippen molar-refractivity contribution in [1.29, 1.82) is 0 Å². The van der Waals surface area contributed by atoms with Crippen molar-refractivity contribution in [2.45, 2.75) is 31.3 Å². The summed E-state index contributed by atoms with van der Waals surface area (Å²) in [4.78, 5) is 36.9. The lowest BCUT2D eigenvalue weighted by molar-refractivity contribution is -0.139. The zero-order valence-corrected chi connectivity index (χ0v) is 22.6. The molecule has 0 aliphatic heterocycles. The second-order valence-electron chi connectivity index (χ2n) is 9.19. The Hall–Kier alpha value is -4.73. The van der Waals surface area contributed by atoms with Crippen molar-refractivity contribution in [3.8, 4) is 28.4 Å². The molecule has 2 amide bonds. The molecule has 1 atom stereocenters. The molecule has 0 heterocycles. The van der Waals surface area contributed by atoms with E-state index in [1.165, 1.54) is 21.3 Å². The molecule has 10 heteroatoms. The summed E-state index contributed by atoms with van der Waals surface area (Å²) < 4.78 is 21.4. The van der Waals surface area contributed by atoms with Crippen molar-refractivity contribution in [3.63, 3.8) is 0 Å². The van der Waals surface area contributed by atoms with E-state index in [0.717, 1.165) is 22.3 Å². The van der Waals surface area contributed by atoms with Gasteiger partial charge in [0.25, 0.3) is 0 Å². The molecule has 1 aliphatic carbocycles. The van der Waals surface area contributed by atoms with Gasteiger partial charge in [-0.2, -0.15) is 0 Å². The topological polar surface area (TPSA) is 132 Å². The summed E-state index contributed by atoms with van der Waals surface area (Å²) in [6.07, 6.45) is -1.12. The summed E-state index contributed by atoms with van der Waals surface area (Å²) in [5.74, 6) is -0.347. The predicted octanol–water partition coefficient (Wildman–Crippen LogP) is 4.10. The van der Waals surface area contributed by atoms with Crippen LogP contribution >= 0.6 is 0 Å². The Kier molecular flexibility index (Phi) is 9.11. The molecule has 3 N–H and O–H groups in total. The van der Waals surface area contributed by atoms with Gasteiger partial charge in [0.2, 0.25) is 5.91 Å². The van der Waals surface area contributed by atoms with Gasteiger partial charge in [0, 0.05) is 24.5 Å². The molecule has 0 saturated carbocycles. The summed E-state index contributed by atoms with van der Waals surface area (Å²) in [5.41, 5.74) is 4.88. The van der Waals surface area contributed by atoms with Gasteiger partial charge in [-0.3, -0.25) is 4.79 Å². The quantitative estimate of drug-likeness (QED) is 0.308. The van der Waals surface area contributed by atoms with Crippen LogP contribution in [0, 0.1) is 0 Å². The molecule has 0 fully saturated rings. The van der Waals surface area contributed by atoms with Gasteiger partial charge in [-0.15, -0.1) is 0 Å². The molecule has 0 saturated heterocycles. The molecular formula is C30H32N2O8. The van der Waals surface area contributed by atoms with Gasteiger partial charge in [-0.25, -0.2) is 9.59 Å². The van der Waals surface area contributed by atoms with Gasteiger partial charge in [-0.1, -0.05) is 48.5 Å². The fourth-order valence-corrected chi connectivity index (χ4v) is 4.84. The fourth-order valence-electron chi connectivity index (χ4n) is 4.84. The Labute approximate surface area is 232 Å². The number of hydrogen-bond acceptors (Lipinski definition) is 7. The van der Waals surface area contributed by atoms with Crippen molar-refractivity contribution < 1.29 is 38.4 Å². The number of hydrogen-bond donors (Lipinski definition) is 3. The molecular weight excluding hydrogens is 516 g/mol. The third-order valence-electron chi connectivity index (χ3n) is 6.87. The van der Waals surface area contributed by atoms with Crippen molar-refractivity contribution in [3.05, 3.63) is 77.4 Å². The van der Waals surface area contributed by atoms with Gasteiger partial charge in [0.15, 0.2) is 0 Å². The highest BCUT2D eigenvalue weighted by Gasteiger charge is 2.30. The lowest BCUT2D eigenvalue weighted by atomic mass is 9.98. The minimum absolute atomic E-state index is 0.0538. The van der Waals surface area contributed by atoms with Crippen molar-refractivity contribution >= 4 is 18.0 Å². The standard InChI is InChI=1S/C30H32N2O8/c1-37-18-14-26(38-2)23(27(15-18)39-3)16-31-28(33)13-12-25(29(34)35)32-30(36)40-17-24-21-10-6-4-8-19(21)20-9-5-7-11-22(20)24/h4-11,14-15,24-25H,12-13,16-17H2,1-3H3,(H,31,33)(H,32,36)(H,34,35)/t25-/m1/s1. The van der Waals surface area contributed by atoms with Gasteiger partial charge >= 0.3 is 12.1 Å². The Bertz CT molecular complexity index is 1320. The fraction of sp³-hybridized carbons (Fsp3) is 0.300. The smallest absolute Gasteiger partial charge is 0.407 e. The van der Waals surface area contributed by atoms with Gasteiger partial charge in [-0.05, 0) is 28.7 Å². The highest BCUT2D eigenvalue weighted by atomic mass is 16.5. The highest BCUT2D eigenvalue weighted by Crippen LogP contribution is 2.44. The molecule has 4 rings (SSSR count). The number of fused-ring (bicyclic) bond motifs is 3. The lowest BCUT2D eigenvalue weighted by Gasteiger charge is -2.18. The van der Waals surface area contributed by atoms with E-state index in [2.05, 4.69) is 10.6 Å². The monoisotopic (exact) mass is 548 g/mol. The molecule has 40 heavy (non-hydrogen) atoms. The van der Waals surface area contributed by atoms with Crippen LogP contribution in [0.15, 0.2) is 60.7 Å². The lowest BCUT2D eigenvalue weighted by Crippen LogP contribution is -2.42. The molecule has 0 radical (unpaired) electrons. The van der Waals surface area contributed by atoms with Crippen LogP contribution in [0.4, 0.5) is 4.79 Å². The summed E-state index contributed by atoms with van der Waals surface area (Å²) in [6, 6.07) is 17.9. The number of methoxy groups -OCH3 is 3. The highest BCUT2D eigenvalue weighted by molar-refractivity contribution is 5.82. The third-order valence-corrected chi connectivity index (χ3v) is 6.87. The predicted molar refractivity (Wildman–Crippen MR) is 147 cm³/mol. The van der Waals surface area contributed by atoms with Crippen LogP contribution in [0.3, 0.4) is 0 Å². The average molecular weight is 549 g/mol. The maximum atomic E-state index is 12.6. The summed E-state index contributed by atoms with van der Waals surface area (Å²) >= 11 is 0. The molecule has 0 unspecified atom stereocenters. The number of ether oxygens (including phenoxy) is 4. The molecule has 3 aromatic carbocycles. The number of nitrogens with one attached hydrogen (secondary N) is 2. The third kappa shape index (κ3) is 6.28. The van der Waals surface area contributed by atoms with Gasteiger partial charge in [0.05, 0.1) is 33.4 Å². The Morgan fingerprint density at radius 2 is 1.45 bits per heavy atom. The van der Waals surface area contributed by atoms with Crippen molar-refractivity contribution in [1.82, 2.24) is 10.6 Å². The summed E-state index contributed by atoms with van der Waals surface area (Å²) in [5, 5.41) is 14.7. The summed E-state index contributed by atoms with van der Waals surface area (Å²) in [6.45, 7) is 0.144. The maximum absolute atomic E-state index is 12.6. The number of carbonyl (C=O) groups is 3. The SMILES string of the molecule is COc1cc(OC)c(CNC(=O)CC[C@@H](NC(=O)OCC2c3ccccc3-c3ccccc32)C(=O)O)c(OC)c1. The van der Waals surface area contributed by atoms with Crippen molar-refractivity contribution in [2.75, 3.05) is 27.9 Å². The van der Waals surface area contributed by atoms with Crippen LogP contribution in [0.1, 0.15) is 35.4 Å². The number of amides is 2. The molecule has 10 nitrogen and oxygen atoms in total. The largest absolute Gasteiger partial charge is 0.496 e. The second-order valence-corrected chi connectivity index (χ2v) is 9.19.